The highest BCUT2D eigenvalue weighted by atomic mass is 16.5. The number of allylic oxidation sites excluding steroid dienone is 1. The van der Waals surface area contributed by atoms with Crippen LogP contribution in [-0.4, -0.2) is 37.9 Å². The minimum atomic E-state index is -0.210. The molecule has 0 heterocycles. The zero-order chi connectivity index (χ0) is 23.6. The third-order valence-corrected chi connectivity index (χ3v) is 5.78. The first-order valence-corrected chi connectivity index (χ1v) is 11.8. The molecule has 1 atom stereocenters. The van der Waals surface area contributed by atoms with Gasteiger partial charge in [0.1, 0.15) is 18.1 Å². The summed E-state index contributed by atoms with van der Waals surface area (Å²) in [6.07, 6.45) is 1.43. The molecule has 0 aliphatic heterocycles. The van der Waals surface area contributed by atoms with Crippen molar-refractivity contribution in [2.45, 2.75) is 26.7 Å². The normalized spacial score (nSPS) is 12.9. The van der Waals surface area contributed by atoms with E-state index < -0.39 is 0 Å². The number of benzene rings is 3. The molecule has 0 amide bonds. The van der Waals surface area contributed by atoms with Crippen molar-refractivity contribution in [3.05, 3.63) is 102 Å². The summed E-state index contributed by atoms with van der Waals surface area (Å²) in [4.78, 5) is 15.2. The molecule has 1 unspecified atom stereocenters. The second-order valence-corrected chi connectivity index (χ2v) is 8.63. The first kappa shape index (κ1) is 24.5. The van der Waals surface area contributed by atoms with Crippen LogP contribution in [0.25, 0.3) is 11.1 Å². The van der Waals surface area contributed by atoms with E-state index in [2.05, 4.69) is 60.4 Å². The third-order valence-electron chi connectivity index (χ3n) is 5.78. The first-order valence-electron chi connectivity index (χ1n) is 11.8. The summed E-state index contributed by atoms with van der Waals surface area (Å²) < 4.78 is 5.91. The molecule has 33 heavy (non-hydrogen) atoms. The van der Waals surface area contributed by atoms with Gasteiger partial charge in [0.2, 0.25) is 0 Å². The Morgan fingerprint density at radius 1 is 0.818 bits per heavy atom. The molecule has 3 aromatic rings. The minimum Gasteiger partial charge on any atom is -0.492 e. The standard InChI is InChI=1S/C30H35NO2/c1-5-12-28(32)23(2)29(24-13-8-6-9-14-24)30(25-15-10-7-11-16-25)26-17-19-27(20-18-26)33-22-21-31(3)4/h6-11,13-20,23H,5,12,21-22H2,1-4H3/b30-29-. The maximum absolute atomic E-state index is 13.1. The maximum atomic E-state index is 13.1. The Morgan fingerprint density at radius 2 is 1.36 bits per heavy atom. The highest BCUT2D eigenvalue weighted by molar-refractivity contribution is 6.06. The lowest BCUT2D eigenvalue weighted by Gasteiger charge is -2.22. The molecule has 3 heteroatoms. The molecule has 172 valence electrons. The van der Waals surface area contributed by atoms with Crippen LogP contribution in [0.5, 0.6) is 5.75 Å². The quantitative estimate of drug-likeness (QED) is 0.314. The Kier molecular flexibility index (Phi) is 9.03. The fraction of sp³-hybridized carbons (Fsp3) is 0.300. The molecule has 0 saturated carbocycles. The van der Waals surface area contributed by atoms with E-state index in [1.165, 1.54) is 0 Å². The number of carbonyl (C=O) groups excluding carboxylic acids is 1. The molecule has 0 saturated heterocycles. The Hall–Kier alpha value is -3.17. The van der Waals surface area contributed by atoms with Gasteiger partial charge in [-0.15, -0.1) is 0 Å². The fourth-order valence-electron chi connectivity index (χ4n) is 4.00. The molecule has 0 fully saturated rings. The zero-order valence-corrected chi connectivity index (χ0v) is 20.3. The van der Waals surface area contributed by atoms with Crippen molar-refractivity contribution in [1.29, 1.82) is 0 Å². The SMILES string of the molecule is CCCC(=O)C(C)/C(=C(\c1ccccc1)c1ccc(OCCN(C)C)cc1)c1ccccc1. The topological polar surface area (TPSA) is 29.5 Å². The van der Waals surface area contributed by atoms with Gasteiger partial charge in [0.15, 0.2) is 0 Å². The van der Waals surface area contributed by atoms with Gasteiger partial charge in [0, 0.05) is 18.9 Å². The molecule has 0 N–H and O–H groups in total. The molecule has 0 bridgehead atoms. The Morgan fingerprint density at radius 3 is 1.91 bits per heavy atom. The van der Waals surface area contributed by atoms with Crippen molar-refractivity contribution in [2.75, 3.05) is 27.2 Å². The van der Waals surface area contributed by atoms with E-state index in [0.717, 1.165) is 46.6 Å². The second-order valence-electron chi connectivity index (χ2n) is 8.63. The number of likely N-dealkylation sites (N-methyl/N-ethyl adjacent to an activating group) is 1. The molecule has 3 nitrogen and oxygen atoms in total. The molecular weight excluding hydrogens is 406 g/mol. The molecule has 0 aliphatic rings. The number of carbonyl (C=O) groups is 1. The van der Waals surface area contributed by atoms with Crippen molar-refractivity contribution in [1.82, 2.24) is 4.90 Å². The van der Waals surface area contributed by atoms with Gasteiger partial charge in [-0.25, -0.2) is 0 Å². The third kappa shape index (κ3) is 6.66. The predicted octanol–water partition coefficient (Wildman–Crippen LogP) is 6.59. The van der Waals surface area contributed by atoms with Crippen molar-refractivity contribution in [3.63, 3.8) is 0 Å². The van der Waals surface area contributed by atoms with E-state index in [1.54, 1.807) is 0 Å². The summed E-state index contributed by atoms with van der Waals surface area (Å²) >= 11 is 0. The fourth-order valence-corrected chi connectivity index (χ4v) is 4.00. The van der Waals surface area contributed by atoms with Crippen LogP contribution in [0.1, 0.15) is 43.4 Å². The van der Waals surface area contributed by atoms with Gasteiger partial charge in [-0.1, -0.05) is 86.6 Å². The van der Waals surface area contributed by atoms with Crippen LogP contribution in [0.4, 0.5) is 0 Å². The van der Waals surface area contributed by atoms with Crippen molar-refractivity contribution < 1.29 is 9.53 Å². The van der Waals surface area contributed by atoms with Crippen LogP contribution >= 0.6 is 0 Å². The van der Waals surface area contributed by atoms with Crippen LogP contribution < -0.4 is 4.74 Å². The summed E-state index contributed by atoms with van der Waals surface area (Å²) in [6, 6.07) is 28.9. The van der Waals surface area contributed by atoms with Crippen molar-refractivity contribution >= 4 is 16.9 Å². The molecule has 0 spiro atoms. The van der Waals surface area contributed by atoms with Crippen LogP contribution in [0.15, 0.2) is 84.9 Å². The summed E-state index contributed by atoms with van der Waals surface area (Å²) in [5, 5.41) is 0. The maximum Gasteiger partial charge on any atom is 0.140 e. The summed E-state index contributed by atoms with van der Waals surface area (Å²) in [5.74, 6) is 0.913. The smallest absolute Gasteiger partial charge is 0.140 e. The lowest BCUT2D eigenvalue weighted by atomic mass is 9.81. The molecule has 0 aliphatic carbocycles. The van der Waals surface area contributed by atoms with Gasteiger partial charge < -0.3 is 9.64 Å². The van der Waals surface area contributed by atoms with E-state index in [9.17, 15) is 4.79 Å². The summed E-state index contributed by atoms with van der Waals surface area (Å²) in [7, 11) is 4.07. The lowest BCUT2D eigenvalue weighted by Crippen LogP contribution is -2.19. The second kappa shape index (κ2) is 12.2. The average Bonchev–Trinajstić information content (AvgIpc) is 2.84. The Bertz CT molecular complexity index is 1040. The molecule has 3 aromatic carbocycles. The van der Waals surface area contributed by atoms with Crippen LogP contribution in [-0.2, 0) is 4.79 Å². The number of rotatable bonds is 11. The first-order chi connectivity index (χ1) is 16.0. The van der Waals surface area contributed by atoms with E-state index in [1.807, 2.05) is 57.4 Å². The lowest BCUT2D eigenvalue weighted by molar-refractivity contribution is -0.120. The van der Waals surface area contributed by atoms with Gasteiger partial charge in [-0.3, -0.25) is 4.79 Å². The predicted molar refractivity (Wildman–Crippen MR) is 138 cm³/mol. The van der Waals surface area contributed by atoms with Gasteiger partial charge in [-0.2, -0.15) is 0 Å². The Labute approximate surface area is 198 Å². The number of Topliss-reactive ketones (excluding diaryl/α,β-unsaturated/α-hetero) is 1. The number of ether oxygens (including phenoxy) is 1. The van der Waals surface area contributed by atoms with E-state index in [0.29, 0.717) is 13.0 Å². The molecule has 0 aromatic heterocycles. The van der Waals surface area contributed by atoms with E-state index >= 15 is 0 Å². The van der Waals surface area contributed by atoms with Gasteiger partial charge >= 0.3 is 0 Å². The van der Waals surface area contributed by atoms with Crippen LogP contribution in [0.3, 0.4) is 0 Å². The zero-order valence-electron chi connectivity index (χ0n) is 20.3. The largest absolute Gasteiger partial charge is 0.492 e. The number of nitrogens with zero attached hydrogens (tertiary/aromatic N) is 1. The molecular formula is C30H35NO2. The summed E-state index contributed by atoms with van der Waals surface area (Å²) in [6.45, 7) is 5.61. The average molecular weight is 442 g/mol. The molecule has 3 rings (SSSR count). The number of ketones is 1. The van der Waals surface area contributed by atoms with E-state index in [4.69, 9.17) is 4.74 Å². The minimum absolute atomic E-state index is 0.210. The highest BCUT2D eigenvalue weighted by Crippen LogP contribution is 2.38. The van der Waals surface area contributed by atoms with E-state index in [-0.39, 0.29) is 11.7 Å². The van der Waals surface area contributed by atoms with Gasteiger partial charge in [0.25, 0.3) is 0 Å². The van der Waals surface area contributed by atoms with Gasteiger partial charge in [0.05, 0.1) is 0 Å². The Balaban J connectivity index is 2.13. The summed E-state index contributed by atoms with van der Waals surface area (Å²) in [5.41, 5.74) is 5.43. The van der Waals surface area contributed by atoms with Crippen molar-refractivity contribution in [3.8, 4) is 5.75 Å². The monoisotopic (exact) mass is 441 g/mol. The van der Waals surface area contributed by atoms with Crippen LogP contribution in [0.2, 0.25) is 0 Å². The number of hydrogen-bond donors (Lipinski definition) is 0. The number of hydrogen-bond acceptors (Lipinski definition) is 3. The van der Waals surface area contributed by atoms with Crippen molar-refractivity contribution in [2.24, 2.45) is 5.92 Å². The van der Waals surface area contributed by atoms with Crippen LogP contribution in [0, 0.1) is 5.92 Å². The highest BCUT2D eigenvalue weighted by Gasteiger charge is 2.24. The molecule has 0 radical (unpaired) electrons. The van der Waals surface area contributed by atoms with Gasteiger partial charge in [-0.05, 0) is 60.5 Å².